The zero-order chi connectivity index (χ0) is 16.4. The molecule has 1 amide bonds. The standard InChI is InChI=1S/C19H22N2O2/c1-13(2)12-23-15-10-8-14(9-11-15)18-20-17-7-5-4-6-16(17)19(22)21(18)3/h4-11,13,18,20H,12H2,1-3H3. The Labute approximate surface area is 137 Å². The van der Waals surface area contributed by atoms with E-state index in [1.165, 1.54) is 0 Å². The highest BCUT2D eigenvalue weighted by atomic mass is 16.5. The van der Waals surface area contributed by atoms with Crippen molar-refractivity contribution in [3.05, 3.63) is 59.7 Å². The fraction of sp³-hybridized carbons (Fsp3) is 0.316. The summed E-state index contributed by atoms with van der Waals surface area (Å²) in [7, 11) is 1.82. The third-order valence-corrected chi connectivity index (χ3v) is 3.94. The summed E-state index contributed by atoms with van der Waals surface area (Å²) in [5, 5.41) is 3.43. The lowest BCUT2D eigenvalue weighted by Crippen LogP contribution is -2.40. The second kappa shape index (κ2) is 6.32. The van der Waals surface area contributed by atoms with Crippen LogP contribution in [-0.4, -0.2) is 24.5 Å². The fourth-order valence-electron chi connectivity index (χ4n) is 2.66. The summed E-state index contributed by atoms with van der Waals surface area (Å²) in [6, 6.07) is 15.5. The summed E-state index contributed by atoms with van der Waals surface area (Å²) < 4.78 is 5.71. The number of ether oxygens (including phenoxy) is 1. The third-order valence-electron chi connectivity index (χ3n) is 3.94. The summed E-state index contributed by atoms with van der Waals surface area (Å²) in [5.74, 6) is 1.38. The molecule has 23 heavy (non-hydrogen) atoms. The predicted octanol–water partition coefficient (Wildman–Crippen LogP) is 3.92. The second-order valence-electron chi connectivity index (χ2n) is 6.28. The van der Waals surface area contributed by atoms with E-state index in [1.54, 1.807) is 4.90 Å². The number of nitrogens with one attached hydrogen (secondary N) is 1. The minimum atomic E-state index is -0.170. The van der Waals surface area contributed by atoms with Crippen LogP contribution in [-0.2, 0) is 0 Å². The van der Waals surface area contributed by atoms with Crippen LogP contribution in [0, 0.1) is 5.92 Å². The molecule has 0 aromatic heterocycles. The number of nitrogens with zero attached hydrogens (tertiary/aromatic N) is 1. The first kappa shape index (κ1) is 15.4. The maximum Gasteiger partial charge on any atom is 0.257 e. The van der Waals surface area contributed by atoms with Crippen molar-refractivity contribution >= 4 is 11.6 Å². The van der Waals surface area contributed by atoms with Crippen molar-refractivity contribution in [2.75, 3.05) is 19.0 Å². The normalized spacial score (nSPS) is 17.0. The third kappa shape index (κ3) is 3.16. The molecule has 1 atom stereocenters. The molecular formula is C19H22N2O2. The van der Waals surface area contributed by atoms with Crippen LogP contribution < -0.4 is 10.1 Å². The molecule has 0 fully saturated rings. The van der Waals surface area contributed by atoms with Gasteiger partial charge in [0.25, 0.3) is 5.91 Å². The first-order valence-electron chi connectivity index (χ1n) is 7.91. The smallest absolute Gasteiger partial charge is 0.257 e. The Kier molecular flexibility index (Phi) is 4.24. The van der Waals surface area contributed by atoms with Crippen molar-refractivity contribution in [2.45, 2.75) is 20.0 Å². The molecule has 1 unspecified atom stereocenters. The number of fused-ring (bicyclic) bond motifs is 1. The van der Waals surface area contributed by atoms with E-state index in [1.807, 2.05) is 55.6 Å². The van der Waals surface area contributed by atoms with E-state index in [9.17, 15) is 4.79 Å². The molecule has 0 bridgehead atoms. The number of carbonyl (C=O) groups is 1. The molecule has 0 spiro atoms. The molecule has 2 aromatic carbocycles. The van der Waals surface area contributed by atoms with Gasteiger partial charge in [-0.1, -0.05) is 38.1 Å². The molecule has 1 heterocycles. The molecule has 0 saturated carbocycles. The zero-order valence-electron chi connectivity index (χ0n) is 13.7. The molecule has 0 saturated heterocycles. The molecule has 2 aromatic rings. The van der Waals surface area contributed by atoms with E-state index in [2.05, 4.69) is 19.2 Å². The Morgan fingerprint density at radius 1 is 1.13 bits per heavy atom. The summed E-state index contributed by atoms with van der Waals surface area (Å²) in [5.41, 5.74) is 2.62. The minimum Gasteiger partial charge on any atom is -0.493 e. The van der Waals surface area contributed by atoms with E-state index >= 15 is 0 Å². The molecule has 1 aliphatic rings. The van der Waals surface area contributed by atoms with Gasteiger partial charge in [0.15, 0.2) is 0 Å². The van der Waals surface area contributed by atoms with Crippen LogP contribution in [0.5, 0.6) is 5.75 Å². The number of benzene rings is 2. The summed E-state index contributed by atoms with van der Waals surface area (Å²) in [6.45, 7) is 4.95. The highest BCUT2D eigenvalue weighted by Crippen LogP contribution is 2.32. The fourth-order valence-corrected chi connectivity index (χ4v) is 2.66. The van der Waals surface area contributed by atoms with E-state index in [0.717, 1.165) is 17.0 Å². The van der Waals surface area contributed by atoms with Crippen LogP contribution in [0.2, 0.25) is 0 Å². The first-order valence-corrected chi connectivity index (χ1v) is 7.91. The quantitative estimate of drug-likeness (QED) is 0.930. The number of amides is 1. The van der Waals surface area contributed by atoms with Gasteiger partial charge in [-0.2, -0.15) is 0 Å². The number of anilines is 1. The largest absolute Gasteiger partial charge is 0.493 e. The summed E-state index contributed by atoms with van der Waals surface area (Å²) in [4.78, 5) is 14.2. The van der Waals surface area contributed by atoms with Gasteiger partial charge in [-0.25, -0.2) is 0 Å². The predicted molar refractivity (Wildman–Crippen MR) is 91.7 cm³/mol. The van der Waals surface area contributed by atoms with Gasteiger partial charge in [-0.05, 0) is 35.7 Å². The average Bonchev–Trinajstić information content (AvgIpc) is 2.57. The van der Waals surface area contributed by atoms with Gasteiger partial charge in [0.1, 0.15) is 11.9 Å². The lowest BCUT2D eigenvalue weighted by atomic mass is 10.0. The summed E-state index contributed by atoms with van der Waals surface area (Å²) >= 11 is 0. The van der Waals surface area contributed by atoms with E-state index in [4.69, 9.17) is 4.74 Å². The zero-order valence-corrected chi connectivity index (χ0v) is 13.7. The van der Waals surface area contributed by atoms with Crippen molar-refractivity contribution in [1.29, 1.82) is 0 Å². The maximum absolute atomic E-state index is 12.5. The van der Waals surface area contributed by atoms with E-state index < -0.39 is 0 Å². The molecule has 0 aliphatic carbocycles. The van der Waals surface area contributed by atoms with E-state index in [0.29, 0.717) is 18.1 Å². The number of rotatable bonds is 4. The van der Waals surface area contributed by atoms with Crippen LogP contribution >= 0.6 is 0 Å². The average molecular weight is 310 g/mol. The van der Waals surface area contributed by atoms with Gasteiger partial charge in [-0.3, -0.25) is 4.79 Å². The molecular weight excluding hydrogens is 288 g/mol. The molecule has 120 valence electrons. The number of para-hydroxylation sites is 1. The van der Waals surface area contributed by atoms with Crippen LogP contribution in [0.25, 0.3) is 0 Å². The lowest BCUT2D eigenvalue weighted by molar-refractivity contribution is 0.0735. The van der Waals surface area contributed by atoms with Crippen LogP contribution in [0.1, 0.15) is 35.9 Å². The molecule has 4 heteroatoms. The number of carbonyl (C=O) groups excluding carboxylic acids is 1. The van der Waals surface area contributed by atoms with Crippen LogP contribution in [0.15, 0.2) is 48.5 Å². The highest BCUT2D eigenvalue weighted by Gasteiger charge is 2.29. The van der Waals surface area contributed by atoms with Crippen LogP contribution in [0.3, 0.4) is 0 Å². The van der Waals surface area contributed by atoms with E-state index in [-0.39, 0.29) is 12.1 Å². The molecule has 3 rings (SSSR count). The molecule has 1 aliphatic heterocycles. The topological polar surface area (TPSA) is 41.6 Å². The van der Waals surface area contributed by atoms with Gasteiger partial charge >= 0.3 is 0 Å². The van der Waals surface area contributed by atoms with Crippen molar-refractivity contribution < 1.29 is 9.53 Å². The minimum absolute atomic E-state index is 0.0319. The lowest BCUT2D eigenvalue weighted by Gasteiger charge is -2.35. The SMILES string of the molecule is CC(C)COc1ccc(C2Nc3ccccc3C(=O)N2C)cc1. The monoisotopic (exact) mass is 310 g/mol. The number of hydrogen-bond acceptors (Lipinski definition) is 3. The Bertz CT molecular complexity index is 695. The van der Waals surface area contributed by atoms with Crippen molar-refractivity contribution in [1.82, 2.24) is 4.90 Å². The van der Waals surface area contributed by atoms with Gasteiger partial charge in [0, 0.05) is 12.7 Å². The molecule has 1 N–H and O–H groups in total. The summed E-state index contributed by atoms with van der Waals surface area (Å²) in [6.07, 6.45) is -0.170. The Balaban J connectivity index is 1.80. The molecule has 0 radical (unpaired) electrons. The maximum atomic E-state index is 12.5. The van der Waals surface area contributed by atoms with Gasteiger partial charge < -0.3 is 15.0 Å². The van der Waals surface area contributed by atoms with Gasteiger partial charge in [-0.15, -0.1) is 0 Å². The number of hydrogen-bond donors (Lipinski definition) is 1. The first-order chi connectivity index (χ1) is 11.1. The van der Waals surface area contributed by atoms with Crippen molar-refractivity contribution in [3.8, 4) is 5.75 Å². The highest BCUT2D eigenvalue weighted by molar-refractivity contribution is 6.01. The Morgan fingerprint density at radius 3 is 2.52 bits per heavy atom. The Hall–Kier alpha value is -2.49. The van der Waals surface area contributed by atoms with Crippen LogP contribution in [0.4, 0.5) is 5.69 Å². The van der Waals surface area contributed by atoms with Gasteiger partial charge in [0.2, 0.25) is 0 Å². The van der Waals surface area contributed by atoms with Crippen molar-refractivity contribution in [3.63, 3.8) is 0 Å². The van der Waals surface area contributed by atoms with Gasteiger partial charge in [0.05, 0.1) is 12.2 Å². The second-order valence-corrected chi connectivity index (χ2v) is 6.28. The Morgan fingerprint density at radius 2 is 1.83 bits per heavy atom. The van der Waals surface area contributed by atoms with Crippen molar-refractivity contribution in [2.24, 2.45) is 5.92 Å². The molecule has 4 nitrogen and oxygen atoms in total.